The predicted octanol–water partition coefficient (Wildman–Crippen LogP) is 1.99. The SMILES string of the molecule is CCN1CCN(c2c(F)cccc2[C@@H](C)N)CC1. The minimum Gasteiger partial charge on any atom is -0.366 e. The number of nitrogens with two attached hydrogens (primary N) is 1. The van der Waals surface area contributed by atoms with E-state index in [9.17, 15) is 4.39 Å². The van der Waals surface area contributed by atoms with Crippen LogP contribution >= 0.6 is 0 Å². The summed E-state index contributed by atoms with van der Waals surface area (Å²) in [5, 5.41) is 0. The second-order valence-electron chi connectivity index (χ2n) is 4.89. The molecule has 0 radical (unpaired) electrons. The molecule has 4 heteroatoms. The Morgan fingerprint density at radius 3 is 2.50 bits per heavy atom. The van der Waals surface area contributed by atoms with Crippen LogP contribution < -0.4 is 10.6 Å². The Labute approximate surface area is 108 Å². The van der Waals surface area contributed by atoms with Gasteiger partial charge in [-0.1, -0.05) is 19.1 Å². The van der Waals surface area contributed by atoms with E-state index in [0.29, 0.717) is 5.69 Å². The highest BCUT2D eigenvalue weighted by atomic mass is 19.1. The van der Waals surface area contributed by atoms with E-state index >= 15 is 0 Å². The number of likely N-dealkylation sites (N-methyl/N-ethyl adjacent to an activating group) is 1. The molecule has 100 valence electrons. The van der Waals surface area contributed by atoms with Crippen molar-refractivity contribution < 1.29 is 4.39 Å². The second kappa shape index (κ2) is 5.67. The minimum absolute atomic E-state index is 0.139. The van der Waals surface area contributed by atoms with Gasteiger partial charge in [0.1, 0.15) is 5.82 Å². The molecule has 0 saturated carbocycles. The predicted molar refractivity (Wildman–Crippen MR) is 73.3 cm³/mol. The molecule has 1 aliphatic heterocycles. The fourth-order valence-electron chi connectivity index (χ4n) is 2.52. The third kappa shape index (κ3) is 2.65. The third-order valence-electron chi connectivity index (χ3n) is 3.64. The molecular weight excluding hydrogens is 229 g/mol. The highest BCUT2D eigenvalue weighted by Gasteiger charge is 2.22. The number of hydrogen-bond acceptors (Lipinski definition) is 3. The van der Waals surface area contributed by atoms with Crippen LogP contribution in [0.2, 0.25) is 0 Å². The summed E-state index contributed by atoms with van der Waals surface area (Å²) in [6.07, 6.45) is 0. The molecule has 1 fully saturated rings. The molecule has 1 saturated heterocycles. The molecule has 0 bridgehead atoms. The molecular formula is C14H22FN3. The molecule has 2 N–H and O–H groups in total. The van der Waals surface area contributed by atoms with Crippen LogP contribution in [-0.2, 0) is 0 Å². The molecule has 2 rings (SSSR count). The van der Waals surface area contributed by atoms with E-state index in [2.05, 4.69) is 16.7 Å². The van der Waals surface area contributed by atoms with E-state index < -0.39 is 0 Å². The molecule has 1 heterocycles. The highest BCUT2D eigenvalue weighted by Crippen LogP contribution is 2.29. The summed E-state index contributed by atoms with van der Waals surface area (Å²) in [4.78, 5) is 4.50. The summed E-state index contributed by atoms with van der Waals surface area (Å²) >= 11 is 0. The van der Waals surface area contributed by atoms with E-state index in [1.807, 2.05) is 13.0 Å². The van der Waals surface area contributed by atoms with Crippen molar-refractivity contribution in [3.63, 3.8) is 0 Å². The average molecular weight is 251 g/mol. The van der Waals surface area contributed by atoms with Gasteiger partial charge in [0.15, 0.2) is 0 Å². The van der Waals surface area contributed by atoms with Crippen LogP contribution in [0, 0.1) is 5.82 Å². The van der Waals surface area contributed by atoms with Gasteiger partial charge in [-0.25, -0.2) is 4.39 Å². The maximum Gasteiger partial charge on any atom is 0.146 e. The molecule has 0 aliphatic carbocycles. The monoisotopic (exact) mass is 251 g/mol. The number of halogens is 1. The second-order valence-corrected chi connectivity index (χ2v) is 4.89. The lowest BCUT2D eigenvalue weighted by molar-refractivity contribution is 0.270. The van der Waals surface area contributed by atoms with Gasteiger partial charge in [0, 0.05) is 32.2 Å². The molecule has 1 aromatic carbocycles. The van der Waals surface area contributed by atoms with Crippen LogP contribution in [0.4, 0.5) is 10.1 Å². The van der Waals surface area contributed by atoms with Crippen LogP contribution in [0.25, 0.3) is 0 Å². The third-order valence-corrected chi connectivity index (χ3v) is 3.64. The summed E-state index contributed by atoms with van der Waals surface area (Å²) in [5.74, 6) is -0.158. The Balaban J connectivity index is 2.23. The van der Waals surface area contributed by atoms with Crippen molar-refractivity contribution in [3.05, 3.63) is 29.6 Å². The summed E-state index contributed by atoms with van der Waals surface area (Å²) in [6.45, 7) is 8.84. The van der Waals surface area contributed by atoms with Gasteiger partial charge in [0.05, 0.1) is 5.69 Å². The number of piperazine rings is 1. The minimum atomic E-state index is -0.158. The quantitative estimate of drug-likeness (QED) is 0.891. The summed E-state index contributed by atoms with van der Waals surface area (Å²) < 4.78 is 14.1. The normalized spacial score (nSPS) is 19.0. The first-order valence-electron chi connectivity index (χ1n) is 6.64. The zero-order valence-corrected chi connectivity index (χ0v) is 11.2. The number of nitrogens with zero attached hydrogens (tertiary/aromatic N) is 2. The number of hydrogen-bond donors (Lipinski definition) is 1. The van der Waals surface area contributed by atoms with Crippen LogP contribution in [0.15, 0.2) is 18.2 Å². The van der Waals surface area contributed by atoms with Crippen LogP contribution in [0.3, 0.4) is 0 Å². The van der Waals surface area contributed by atoms with E-state index in [4.69, 9.17) is 5.73 Å². The fourth-order valence-corrected chi connectivity index (χ4v) is 2.52. The smallest absolute Gasteiger partial charge is 0.146 e. The van der Waals surface area contributed by atoms with E-state index in [0.717, 1.165) is 38.3 Å². The van der Waals surface area contributed by atoms with Crippen molar-refractivity contribution in [1.29, 1.82) is 0 Å². The van der Waals surface area contributed by atoms with E-state index in [1.54, 1.807) is 6.07 Å². The number of benzene rings is 1. The zero-order valence-electron chi connectivity index (χ0n) is 11.2. The van der Waals surface area contributed by atoms with Gasteiger partial charge in [-0.05, 0) is 25.1 Å². The first-order chi connectivity index (χ1) is 8.63. The molecule has 0 amide bonds. The van der Waals surface area contributed by atoms with Crippen molar-refractivity contribution >= 4 is 5.69 Å². The van der Waals surface area contributed by atoms with Crippen molar-refractivity contribution in [2.75, 3.05) is 37.6 Å². The Kier molecular flexibility index (Phi) is 4.19. The lowest BCUT2D eigenvalue weighted by Crippen LogP contribution is -2.46. The first-order valence-corrected chi connectivity index (χ1v) is 6.64. The van der Waals surface area contributed by atoms with Gasteiger partial charge in [0.25, 0.3) is 0 Å². The van der Waals surface area contributed by atoms with Gasteiger partial charge >= 0.3 is 0 Å². The van der Waals surface area contributed by atoms with Crippen molar-refractivity contribution in [2.24, 2.45) is 5.73 Å². The van der Waals surface area contributed by atoms with Crippen molar-refractivity contribution in [1.82, 2.24) is 4.90 Å². The number of rotatable bonds is 3. The Hall–Kier alpha value is -1.13. The van der Waals surface area contributed by atoms with Gasteiger partial charge < -0.3 is 15.5 Å². The Morgan fingerprint density at radius 2 is 1.94 bits per heavy atom. The van der Waals surface area contributed by atoms with Gasteiger partial charge in [0.2, 0.25) is 0 Å². The molecule has 1 atom stereocenters. The molecule has 0 unspecified atom stereocenters. The first kappa shape index (κ1) is 13.3. The highest BCUT2D eigenvalue weighted by molar-refractivity contribution is 5.56. The molecule has 1 aliphatic rings. The van der Waals surface area contributed by atoms with E-state index in [1.165, 1.54) is 6.07 Å². The maximum atomic E-state index is 14.1. The van der Waals surface area contributed by atoms with Crippen molar-refractivity contribution in [3.8, 4) is 0 Å². The summed E-state index contributed by atoms with van der Waals surface area (Å²) in [5.41, 5.74) is 7.54. The molecule has 1 aromatic rings. The van der Waals surface area contributed by atoms with Gasteiger partial charge in [-0.2, -0.15) is 0 Å². The Morgan fingerprint density at radius 1 is 1.28 bits per heavy atom. The van der Waals surface area contributed by atoms with E-state index in [-0.39, 0.29) is 11.9 Å². The Bertz CT molecular complexity index is 398. The van der Waals surface area contributed by atoms with Crippen LogP contribution in [0.5, 0.6) is 0 Å². The molecule has 3 nitrogen and oxygen atoms in total. The topological polar surface area (TPSA) is 32.5 Å². The molecule has 18 heavy (non-hydrogen) atoms. The zero-order chi connectivity index (χ0) is 13.1. The average Bonchev–Trinajstić information content (AvgIpc) is 2.38. The van der Waals surface area contributed by atoms with Crippen LogP contribution in [-0.4, -0.2) is 37.6 Å². The van der Waals surface area contributed by atoms with Gasteiger partial charge in [-0.15, -0.1) is 0 Å². The molecule has 0 aromatic heterocycles. The van der Waals surface area contributed by atoms with Gasteiger partial charge in [-0.3, -0.25) is 0 Å². The standard InChI is InChI=1S/C14H22FN3/c1-3-17-7-9-18(10-8-17)14-12(11(2)16)5-4-6-13(14)15/h4-6,11H,3,7-10,16H2,1-2H3/t11-/m1/s1. The summed E-state index contributed by atoms with van der Waals surface area (Å²) in [7, 11) is 0. The largest absolute Gasteiger partial charge is 0.366 e. The lowest BCUT2D eigenvalue weighted by atomic mass is 10.0. The number of anilines is 1. The van der Waals surface area contributed by atoms with Crippen LogP contribution in [0.1, 0.15) is 25.5 Å². The number of para-hydroxylation sites is 1. The fraction of sp³-hybridized carbons (Fsp3) is 0.571. The van der Waals surface area contributed by atoms with Crippen molar-refractivity contribution in [2.45, 2.75) is 19.9 Å². The maximum absolute atomic E-state index is 14.1. The lowest BCUT2D eigenvalue weighted by Gasteiger charge is -2.37. The molecule has 0 spiro atoms. The summed E-state index contributed by atoms with van der Waals surface area (Å²) in [6, 6.07) is 5.04.